The molecule has 0 unspecified atom stereocenters. The number of hydrogen-bond donors (Lipinski definition) is 3. The minimum atomic E-state index is -0.209. The molecule has 0 bridgehead atoms. The average Bonchev–Trinajstić information content (AvgIpc) is 3.22. The van der Waals surface area contributed by atoms with Crippen LogP contribution in [-0.4, -0.2) is 46.4 Å². The van der Waals surface area contributed by atoms with Gasteiger partial charge in [-0.05, 0) is 16.7 Å². The standard InChI is InChI=1S/C23H26N6O2/c1-28(2)21(30)11-16-3-5-18(6-4-16)14-29-15-20(13-27-29)23(31)26-12-17-7-9-19(10-8-17)22(24)25/h3-10,13,15H,11-12,14H2,1-2H3,(H3,24,25)(H,26,31). The summed E-state index contributed by atoms with van der Waals surface area (Å²) in [6.07, 6.45) is 3.62. The maximum absolute atomic E-state index is 12.4. The molecule has 160 valence electrons. The van der Waals surface area contributed by atoms with Crippen molar-refractivity contribution in [2.45, 2.75) is 19.5 Å². The van der Waals surface area contributed by atoms with Gasteiger partial charge in [-0.15, -0.1) is 0 Å². The highest BCUT2D eigenvalue weighted by Gasteiger charge is 2.10. The number of amidine groups is 1. The van der Waals surface area contributed by atoms with Crippen LogP contribution in [0, 0.1) is 5.41 Å². The zero-order valence-electron chi connectivity index (χ0n) is 17.6. The van der Waals surface area contributed by atoms with Crippen LogP contribution in [0.15, 0.2) is 60.9 Å². The molecule has 31 heavy (non-hydrogen) atoms. The van der Waals surface area contributed by atoms with Crippen LogP contribution in [0.4, 0.5) is 0 Å². The molecule has 4 N–H and O–H groups in total. The number of amides is 2. The molecular weight excluding hydrogens is 392 g/mol. The molecule has 0 aliphatic heterocycles. The number of nitrogens with one attached hydrogen (secondary N) is 2. The first-order valence-electron chi connectivity index (χ1n) is 9.84. The second-order valence-corrected chi connectivity index (χ2v) is 7.50. The van der Waals surface area contributed by atoms with Crippen LogP contribution in [0.1, 0.15) is 32.6 Å². The van der Waals surface area contributed by atoms with E-state index in [1.807, 2.05) is 36.4 Å². The molecule has 0 saturated carbocycles. The van der Waals surface area contributed by atoms with Crippen LogP contribution in [0.3, 0.4) is 0 Å². The van der Waals surface area contributed by atoms with Crippen molar-refractivity contribution in [2.75, 3.05) is 14.1 Å². The molecule has 2 amide bonds. The Kier molecular flexibility index (Phi) is 6.81. The highest BCUT2D eigenvalue weighted by Crippen LogP contribution is 2.09. The van der Waals surface area contributed by atoms with Crippen molar-refractivity contribution in [3.05, 3.63) is 88.7 Å². The third-order valence-electron chi connectivity index (χ3n) is 4.84. The molecule has 0 aliphatic rings. The van der Waals surface area contributed by atoms with Gasteiger partial charge in [0.25, 0.3) is 5.91 Å². The highest BCUT2D eigenvalue weighted by molar-refractivity contribution is 5.95. The zero-order chi connectivity index (χ0) is 22.4. The summed E-state index contributed by atoms with van der Waals surface area (Å²) in [6.45, 7) is 0.900. The third-order valence-corrected chi connectivity index (χ3v) is 4.84. The van der Waals surface area contributed by atoms with Crippen molar-refractivity contribution in [1.29, 1.82) is 5.41 Å². The summed E-state index contributed by atoms with van der Waals surface area (Å²) >= 11 is 0. The van der Waals surface area contributed by atoms with Crippen LogP contribution in [0.25, 0.3) is 0 Å². The lowest BCUT2D eigenvalue weighted by Gasteiger charge is -2.10. The highest BCUT2D eigenvalue weighted by atomic mass is 16.2. The number of hydrogen-bond acceptors (Lipinski definition) is 4. The molecule has 0 spiro atoms. The summed E-state index contributed by atoms with van der Waals surface area (Å²) in [5.74, 6) is -0.135. The first kappa shape index (κ1) is 21.8. The minimum absolute atomic E-state index is 0.0136. The van der Waals surface area contributed by atoms with E-state index in [9.17, 15) is 9.59 Å². The number of likely N-dealkylation sites (N-methyl/N-ethyl adjacent to an activating group) is 1. The summed E-state index contributed by atoms with van der Waals surface area (Å²) in [6, 6.07) is 15.0. The maximum Gasteiger partial charge on any atom is 0.254 e. The van der Waals surface area contributed by atoms with Gasteiger partial charge in [0.15, 0.2) is 0 Å². The predicted molar refractivity (Wildman–Crippen MR) is 119 cm³/mol. The summed E-state index contributed by atoms with van der Waals surface area (Å²) < 4.78 is 1.70. The minimum Gasteiger partial charge on any atom is -0.384 e. The van der Waals surface area contributed by atoms with Gasteiger partial charge in [-0.3, -0.25) is 19.7 Å². The topological polar surface area (TPSA) is 117 Å². The molecule has 3 rings (SSSR count). The smallest absolute Gasteiger partial charge is 0.254 e. The zero-order valence-corrected chi connectivity index (χ0v) is 17.6. The molecule has 1 aromatic heterocycles. The molecular formula is C23H26N6O2. The SMILES string of the molecule is CN(C)C(=O)Cc1ccc(Cn2cc(C(=O)NCc3ccc(C(=N)N)cc3)cn2)cc1. The normalized spacial score (nSPS) is 10.5. The van der Waals surface area contributed by atoms with E-state index in [0.717, 1.165) is 16.7 Å². The molecule has 8 nitrogen and oxygen atoms in total. The number of nitrogens with zero attached hydrogens (tertiary/aromatic N) is 3. The predicted octanol–water partition coefficient (Wildman–Crippen LogP) is 1.78. The number of aromatic nitrogens is 2. The first-order valence-corrected chi connectivity index (χ1v) is 9.84. The van der Waals surface area contributed by atoms with Crippen LogP contribution in [0.2, 0.25) is 0 Å². The fraction of sp³-hybridized carbons (Fsp3) is 0.217. The van der Waals surface area contributed by atoms with Gasteiger partial charge in [0.1, 0.15) is 5.84 Å². The Bertz CT molecular complexity index is 1070. The summed E-state index contributed by atoms with van der Waals surface area (Å²) in [4.78, 5) is 25.8. The monoisotopic (exact) mass is 418 g/mol. The lowest BCUT2D eigenvalue weighted by Crippen LogP contribution is -2.23. The van der Waals surface area contributed by atoms with Crippen LogP contribution < -0.4 is 11.1 Å². The molecule has 3 aromatic rings. The van der Waals surface area contributed by atoms with Crippen LogP contribution >= 0.6 is 0 Å². The number of nitrogens with two attached hydrogens (primary N) is 1. The number of benzene rings is 2. The molecule has 8 heteroatoms. The van der Waals surface area contributed by atoms with Crippen molar-refractivity contribution >= 4 is 17.6 Å². The summed E-state index contributed by atoms with van der Waals surface area (Å²) in [5.41, 5.74) is 9.48. The van der Waals surface area contributed by atoms with Crippen molar-refractivity contribution in [2.24, 2.45) is 5.73 Å². The average molecular weight is 419 g/mol. The molecule has 0 atom stereocenters. The number of carbonyl (C=O) groups is 2. The van der Waals surface area contributed by atoms with Gasteiger partial charge in [-0.2, -0.15) is 5.10 Å². The lowest BCUT2D eigenvalue weighted by molar-refractivity contribution is -0.127. The molecule has 0 radical (unpaired) electrons. The van der Waals surface area contributed by atoms with E-state index in [4.69, 9.17) is 11.1 Å². The van der Waals surface area contributed by atoms with Gasteiger partial charge >= 0.3 is 0 Å². The van der Waals surface area contributed by atoms with Crippen LogP contribution in [-0.2, 0) is 24.3 Å². The number of carbonyl (C=O) groups excluding carboxylic acids is 2. The van der Waals surface area contributed by atoms with E-state index in [2.05, 4.69) is 10.4 Å². The van der Waals surface area contributed by atoms with Crippen molar-refractivity contribution < 1.29 is 9.59 Å². The Labute approximate surface area is 181 Å². The maximum atomic E-state index is 12.4. The molecule has 0 fully saturated rings. The van der Waals surface area contributed by atoms with Crippen molar-refractivity contribution in [3.8, 4) is 0 Å². The number of nitrogen functional groups attached to an aromatic ring is 1. The number of rotatable bonds is 8. The fourth-order valence-corrected chi connectivity index (χ4v) is 2.94. The Morgan fingerprint density at radius 2 is 1.61 bits per heavy atom. The van der Waals surface area contributed by atoms with E-state index in [0.29, 0.717) is 30.6 Å². The largest absolute Gasteiger partial charge is 0.384 e. The molecule has 0 saturated heterocycles. The quantitative estimate of drug-likeness (QED) is 0.382. The van der Waals surface area contributed by atoms with E-state index >= 15 is 0 Å². The summed E-state index contributed by atoms with van der Waals surface area (Å²) in [5, 5.41) is 14.5. The second-order valence-electron chi connectivity index (χ2n) is 7.50. The molecule has 0 aliphatic carbocycles. The van der Waals surface area contributed by atoms with Gasteiger partial charge < -0.3 is 16.0 Å². The van der Waals surface area contributed by atoms with E-state index in [1.54, 1.807) is 42.0 Å². The summed E-state index contributed by atoms with van der Waals surface area (Å²) in [7, 11) is 3.48. The molecule has 2 aromatic carbocycles. The Morgan fingerprint density at radius 1 is 1.00 bits per heavy atom. The van der Waals surface area contributed by atoms with Crippen molar-refractivity contribution in [3.63, 3.8) is 0 Å². The van der Waals surface area contributed by atoms with Gasteiger partial charge in [0, 0.05) is 32.4 Å². The Hall–Kier alpha value is -3.94. The van der Waals surface area contributed by atoms with Gasteiger partial charge in [-0.1, -0.05) is 48.5 Å². The molecule has 1 heterocycles. The fourth-order valence-electron chi connectivity index (χ4n) is 2.94. The van der Waals surface area contributed by atoms with Crippen molar-refractivity contribution in [1.82, 2.24) is 20.0 Å². The van der Waals surface area contributed by atoms with E-state index in [-0.39, 0.29) is 17.6 Å². The second kappa shape index (κ2) is 9.71. The Morgan fingerprint density at radius 3 is 2.23 bits per heavy atom. The van der Waals surface area contributed by atoms with Crippen LogP contribution in [0.5, 0.6) is 0 Å². The first-order chi connectivity index (χ1) is 14.8. The van der Waals surface area contributed by atoms with Gasteiger partial charge in [0.05, 0.1) is 24.7 Å². The van der Waals surface area contributed by atoms with Gasteiger partial charge in [-0.25, -0.2) is 0 Å². The Balaban J connectivity index is 1.54. The van der Waals surface area contributed by atoms with Gasteiger partial charge in [0.2, 0.25) is 5.91 Å². The lowest BCUT2D eigenvalue weighted by atomic mass is 10.1. The third kappa shape index (κ3) is 6.02. The van der Waals surface area contributed by atoms with E-state index < -0.39 is 0 Å². The van der Waals surface area contributed by atoms with E-state index in [1.165, 1.54) is 6.20 Å².